The topological polar surface area (TPSA) is 178 Å². The summed E-state index contributed by atoms with van der Waals surface area (Å²) in [6, 6.07) is 7.11. The quantitative estimate of drug-likeness (QED) is 0.0794. The van der Waals surface area contributed by atoms with Crippen molar-refractivity contribution in [2.45, 2.75) is 184 Å². The molecule has 62 heavy (non-hydrogen) atoms. The van der Waals surface area contributed by atoms with Crippen LogP contribution in [-0.4, -0.2) is 149 Å². The van der Waals surface area contributed by atoms with Crippen molar-refractivity contribution in [3.63, 3.8) is 0 Å². The highest BCUT2D eigenvalue weighted by Crippen LogP contribution is 2.43. The Balaban J connectivity index is 1.87. The standard InChI is InChI=1S/C46H77ClN2O12S/c1-15-31-21-35(50)27(4)39(60-36-23-44(8,55-13)41(53)30(7)59-36)29(6)42(61-43-38(51)34(49(11)12)20-26(3)58-43)45(9,56-14)22-25(2)37(28(5)40(52)46(31,10)54)48-57-24-62-33-18-16-32(47)17-19-33/h16-19,25-31,34,36,38-43,51-54H,15,20-24H2,1-14H3/b48-37+/t25-,26-,27+,28+,29+,30+,31+,34+,36+,38-,39-,40-,41+,42-,43+,44-,45-,46-/m1/s1. The predicted octanol–water partition coefficient (Wildman–Crippen LogP) is 6.31. The first-order valence-corrected chi connectivity index (χ1v) is 23.6. The molecule has 0 spiro atoms. The molecule has 4 rings (SSSR count). The van der Waals surface area contributed by atoms with E-state index in [1.54, 1.807) is 46.9 Å². The number of carbonyl (C=O) groups is 1. The SMILES string of the molecule is CC[C@H]1CC(=O)[C@H](C)[C@@H](O[C@H]2C[C@@](C)(OC)[C@@H](O)[C@H](C)O2)[C@H](C)[C@@H](O[C@@H]2O[C@H](C)C[C@H](N(C)C)[C@H]2O)[C@](C)(OC)C[C@@H](C)/C(=N\OCSc2ccc(Cl)cc2)[C@H](C)[C@@H](O)[C@]1(C)O. The molecule has 1 aromatic rings. The van der Waals surface area contributed by atoms with Gasteiger partial charge in [-0.15, -0.1) is 0 Å². The molecular formula is C46H77ClN2O12S. The summed E-state index contributed by atoms with van der Waals surface area (Å²) < 4.78 is 39.0. The molecule has 14 nitrogen and oxygen atoms in total. The van der Waals surface area contributed by atoms with Crippen LogP contribution in [0.2, 0.25) is 5.02 Å². The molecule has 1 saturated carbocycles. The molecule has 3 aliphatic rings. The van der Waals surface area contributed by atoms with Gasteiger partial charge in [0, 0.05) is 66.7 Å². The number of rotatable bonds is 12. The number of methoxy groups -OCH3 is 2. The average molecular weight is 918 g/mol. The highest BCUT2D eigenvalue weighted by molar-refractivity contribution is 7.99. The van der Waals surface area contributed by atoms with Crippen molar-refractivity contribution in [1.29, 1.82) is 0 Å². The Bertz CT molecular complexity index is 1610. The average Bonchev–Trinajstić information content (AvgIpc) is 3.22. The summed E-state index contributed by atoms with van der Waals surface area (Å²) in [5.74, 6) is -3.24. The van der Waals surface area contributed by atoms with E-state index in [2.05, 4.69) is 5.16 Å². The van der Waals surface area contributed by atoms with Gasteiger partial charge in [0.2, 0.25) is 0 Å². The van der Waals surface area contributed by atoms with Crippen molar-refractivity contribution in [2.75, 3.05) is 34.3 Å². The molecule has 18 atom stereocenters. The van der Waals surface area contributed by atoms with Crippen LogP contribution in [-0.2, 0) is 38.1 Å². The zero-order valence-electron chi connectivity index (χ0n) is 39.4. The summed E-state index contributed by atoms with van der Waals surface area (Å²) in [6.45, 7) is 18.4. The number of ether oxygens (including phenoxy) is 6. The van der Waals surface area contributed by atoms with Crippen LogP contribution in [0.15, 0.2) is 34.3 Å². The molecule has 2 heterocycles. The smallest absolute Gasteiger partial charge is 0.185 e. The third kappa shape index (κ3) is 12.3. The minimum absolute atomic E-state index is 0.0622. The third-order valence-electron chi connectivity index (χ3n) is 14.2. The Morgan fingerprint density at radius 3 is 2.11 bits per heavy atom. The monoisotopic (exact) mass is 916 g/mol. The number of benzene rings is 1. The number of aliphatic hydroxyl groups excluding tert-OH is 3. The summed E-state index contributed by atoms with van der Waals surface area (Å²) in [5, 5.41) is 52.6. The Morgan fingerprint density at radius 2 is 1.53 bits per heavy atom. The Hall–Kier alpha value is -1.44. The van der Waals surface area contributed by atoms with Crippen molar-refractivity contribution >= 4 is 34.9 Å². The number of Topliss-reactive ketones (excluding diaryl/α,β-unsaturated/α-hetero) is 1. The van der Waals surface area contributed by atoms with Crippen molar-refractivity contribution in [3.8, 4) is 0 Å². The van der Waals surface area contributed by atoms with Crippen LogP contribution in [0.25, 0.3) is 0 Å². The number of halogens is 1. The lowest BCUT2D eigenvalue weighted by atomic mass is 9.69. The second kappa shape index (κ2) is 22.4. The number of aliphatic hydroxyl groups is 4. The Morgan fingerprint density at radius 1 is 0.903 bits per heavy atom. The largest absolute Gasteiger partial charge is 0.389 e. The number of hydrogen-bond acceptors (Lipinski definition) is 15. The normalized spacial score (nSPS) is 43.7. The van der Waals surface area contributed by atoms with Crippen molar-refractivity contribution in [3.05, 3.63) is 29.3 Å². The maximum atomic E-state index is 14.7. The van der Waals surface area contributed by atoms with Crippen molar-refractivity contribution in [2.24, 2.45) is 34.7 Å². The molecule has 4 N–H and O–H groups in total. The predicted molar refractivity (Wildman–Crippen MR) is 240 cm³/mol. The second-order valence-corrected chi connectivity index (χ2v) is 20.5. The van der Waals surface area contributed by atoms with Crippen LogP contribution >= 0.6 is 23.4 Å². The van der Waals surface area contributed by atoms with E-state index in [9.17, 15) is 25.2 Å². The van der Waals surface area contributed by atoms with E-state index in [0.717, 1.165) is 4.90 Å². The fourth-order valence-electron chi connectivity index (χ4n) is 9.92. The zero-order valence-corrected chi connectivity index (χ0v) is 41.0. The molecular weight excluding hydrogens is 840 g/mol. The first kappa shape index (κ1) is 53.2. The molecule has 0 unspecified atom stereocenters. The molecule has 2 aliphatic heterocycles. The van der Waals surface area contributed by atoms with E-state index in [-0.39, 0.29) is 43.1 Å². The lowest BCUT2D eigenvalue weighted by Gasteiger charge is -2.50. The van der Waals surface area contributed by atoms with Gasteiger partial charge >= 0.3 is 0 Å². The molecule has 2 saturated heterocycles. The molecule has 1 aliphatic carbocycles. The lowest BCUT2D eigenvalue weighted by Crippen LogP contribution is -2.61. The van der Waals surface area contributed by atoms with E-state index < -0.39 is 95.6 Å². The maximum absolute atomic E-state index is 14.7. The number of hydrogen-bond donors (Lipinski definition) is 4. The van der Waals surface area contributed by atoms with Crippen LogP contribution in [0.5, 0.6) is 0 Å². The fraction of sp³-hybridized carbons (Fsp3) is 0.826. The number of thioether (sulfide) groups is 1. The summed E-state index contributed by atoms with van der Waals surface area (Å²) in [6.07, 6.45) is -6.60. The molecule has 1 aromatic carbocycles. The number of nitrogens with zero attached hydrogens (tertiary/aromatic N) is 2. The summed E-state index contributed by atoms with van der Waals surface area (Å²) in [7, 11) is 6.95. The summed E-state index contributed by atoms with van der Waals surface area (Å²) in [5.41, 5.74) is -3.41. The van der Waals surface area contributed by atoms with Crippen molar-refractivity contribution < 1.29 is 58.5 Å². The van der Waals surface area contributed by atoms with Gasteiger partial charge in [0.25, 0.3) is 0 Å². The fourth-order valence-corrected chi connectivity index (χ4v) is 10.6. The number of oxime groups is 1. The highest BCUT2D eigenvalue weighted by atomic mass is 35.5. The van der Waals surface area contributed by atoms with Gasteiger partial charge in [0.1, 0.15) is 18.0 Å². The number of ketones is 1. The van der Waals surface area contributed by atoms with Crippen molar-refractivity contribution in [1.82, 2.24) is 4.90 Å². The van der Waals surface area contributed by atoms with Gasteiger partial charge in [-0.25, -0.2) is 0 Å². The van der Waals surface area contributed by atoms with Gasteiger partial charge in [0.15, 0.2) is 18.5 Å². The minimum Gasteiger partial charge on any atom is -0.389 e. The Labute approximate surface area is 379 Å². The molecule has 16 heteroatoms. The van der Waals surface area contributed by atoms with Gasteiger partial charge < -0.3 is 58.6 Å². The van der Waals surface area contributed by atoms with E-state index in [4.69, 9.17) is 44.9 Å². The molecule has 0 radical (unpaired) electrons. The van der Waals surface area contributed by atoms with Crippen LogP contribution in [0.3, 0.4) is 0 Å². The number of likely N-dealkylation sites (N-methyl/N-ethyl adjacent to an activating group) is 1. The first-order chi connectivity index (χ1) is 28.9. The van der Waals surface area contributed by atoms with E-state index >= 15 is 0 Å². The molecule has 0 aromatic heterocycles. The molecule has 0 bridgehead atoms. The molecule has 0 amide bonds. The zero-order chi connectivity index (χ0) is 46.5. The number of carbonyl (C=O) groups excluding carboxylic acids is 1. The second-order valence-electron chi connectivity index (χ2n) is 19.0. The summed E-state index contributed by atoms with van der Waals surface area (Å²) >= 11 is 7.53. The maximum Gasteiger partial charge on any atom is 0.185 e. The highest BCUT2D eigenvalue weighted by Gasteiger charge is 2.53. The third-order valence-corrected chi connectivity index (χ3v) is 15.3. The van der Waals surface area contributed by atoms with Gasteiger partial charge in [-0.2, -0.15) is 0 Å². The molecule has 356 valence electrons. The van der Waals surface area contributed by atoms with Crippen LogP contribution < -0.4 is 0 Å². The van der Waals surface area contributed by atoms with E-state index in [0.29, 0.717) is 23.6 Å². The van der Waals surface area contributed by atoms with Crippen LogP contribution in [0.4, 0.5) is 0 Å². The minimum atomic E-state index is -1.71. The Kier molecular flexibility index (Phi) is 19.2. The van der Waals surface area contributed by atoms with Gasteiger partial charge in [-0.05, 0) is 91.7 Å². The van der Waals surface area contributed by atoms with Gasteiger partial charge in [0.05, 0.1) is 53.0 Å². The summed E-state index contributed by atoms with van der Waals surface area (Å²) in [4.78, 5) is 23.6. The lowest BCUT2D eigenvalue weighted by molar-refractivity contribution is -0.318. The van der Waals surface area contributed by atoms with Gasteiger partial charge in [-0.3, -0.25) is 4.79 Å². The van der Waals surface area contributed by atoms with E-state index in [1.807, 2.05) is 72.7 Å². The first-order valence-electron chi connectivity index (χ1n) is 22.2. The molecule has 3 fully saturated rings. The van der Waals surface area contributed by atoms with Gasteiger partial charge in [-0.1, -0.05) is 69.6 Å². The van der Waals surface area contributed by atoms with E-state index in [1.165, 1.54) is 18.9 Å². The van der Waals surface area contributed by atoms with Crippen LogP contribution in [0, 0.1) is 29.6 Å². The van der Waals surface area contributed by atoms with Crippen LogP contribution in [0.1, 0.15) is 101 Å².